The van der Waals surface area contributed by atoms with Crippen molar-refractivity contribution in [1.82, 2.24) is 4.57 Å². The van der Waals surface area contributed by atoms with E-state index in [1.807, 2.05) is 22.7 Å². The highest BCUT2D eigenvalue weighted by Crippen LogP contribution is 2.58. The third kappa shape index (κ3) is 6.17. The summed E-state index contributed by atoms with van der Waals surface area (Å²) in [6.07, 6.45) is 4.73. The first-order valence-corrected chi connectivity index (χ1v) is 30.5. The van der Waals surface area contributed by atoms with E-state index >= 15 is 0 Å². The molecule has 8 aromatic carbocycles. The molecular weight excluding hydrogens is 984 g/mol. The zero-order chi connectivity index (χ0) is 53.9. The van der Waals surface area contributed by atoms with E-state index in [0.717, 1.165) is 16.6 Å². The van der Waals surface area contributed by atoms with E-state index < -0.39 is 0 Å². The van der Waals surface area contributed by atoms with Crippen LogP contribution in [0.15, 0.2) is 120 Å². The van der Waals surface area contributed by atoms with Crippen molar-refractivity contribution in [1.29, 1.82) is 0 Å². The highest BCUT2D eigenvalue weighted by Gasteiger charge is 2.48. The van der Waals surface area contributed by atoms with Gasteiger partial charge < -0.3 is 13.8 Å². The van der Waals surface area contributed by atoms with Crippen LogP contribution >= 0.6 is 22.7 Å². The Morgan fingerprint density at radius 1 is 0.462 bits per heavy atom. The molecular formula is C72H69BN2OS2. The molecule has 0 spiro atoms. The molecule has 0 atom stereocenters. The maximum Gasteiger partial charge on any atom is 0.333 e. The van der Waals surface area contributed by atoms with Gasteiger partial charge in [0, 0.05) is 90.1 Å². The van der Waals surface area contributed by atoms with Crippen LogP contribution in [0.1, 0.15) is 156 Å². The van der Waals surface area contributed by atoms with Crippen LogP contribution in [0.4, 0.5) is 11.4 Å². The maximum atomic E-state index is 7.45. The molecule has 0 amide bonds. The Kier molecular flexibility index (Phi) is 9.11. The average molecular weight is 1050 g/mol. The van der Waals surface area contributed by atoms with Crippen molar-refractivity contribution in [2.75, 3.05) is 4.81 Å². The van der Waals surface area contributed by atoms with Gasteiger partial charge in [-0.3, -0.25) is 0 Å². The molecule has 0 N–H and O–H groups in total. The number of rotatable bonds is 1. The summed E-state index contributed by atoms with van der Waals surface area (Å²) in [5, 5.41) is 10.4. The van der Waals surface area contributed by atoms with Gasteiger partial charge in [0.2, 0.25) is 0 Å². The van der Waals surface area contributed by atoms with Gasteiger partial charge in [-0.05, 0) is 181 Å². The van der Waals surface area contributed by atoms with Crippen LogP contribution in [0.2, 0.25) is 0 Å². The van der Waals surface area contributed by atoms with Crippen LogP contribution in [0.5, 0.6) is 0 Å². The van der Waals surface area contributed by atoms with Crippen molar-refractivity contribution >= 4 is 136 Å². The van der Waals surface area contributed by atoms with Gasteiger partial charge in [0.1, 0.15) is 11.2 Å². The van der Waals surface area contributed by atoms with Gasteiger partial charge in [0.05, 0.1) is 11.0 Å². The number of benzene rings is 8. The molecule has 4 aromatic heterocycles. The Labute approximate surface area is 467 Å². The van der Waals surface area contributed by atoms with Crippen molar-refractivity contribution < 1.29 is 4.42 Å². The van der Waals surface area contributed by atoms with Crippen molar-refractivity contribution in [2.45, 2.75) is 155 Å². The van der Waals surface area contributed by atoms with Crippen molar-refractivity contribution in [3.8, 4) is 16.8 Å². The Morgan fingerprint density at radius 3 is 1.69 bits per heavy atom. The SMILES string of the molecule is CC(C)(C)c1ccc2c(c1)c1cc(C(C)(C)C)cc3c1n2-c1cc2c(oc4ccccc42)c2c1B3N(c1cccc3sc4cc5c(cc4c13)C(C)(C)CCC5(C)C)c1ccc3sc4cc5c(cc4c3c1-2)C(C)(C)CCC5(C)C. The lowest BCUT2D eigenvalue weighted by Gasteiger charge is -2.43. The van der Waals surface area contributed by atoms with E-state index in [-0.39, 0.29) is 39.3 Å². The summed E-state index contributed by atoms with van der Waals surface area (Å²) in [7, 11) is 0. The molecule has 78 heavy (non-hydrogen) atoms. The molecule has 4 aliphatic rings. The second-order valence-electron chi connectivity index (χ2n) is 29.0. The third-order valence-corrected chi connectivity index (χ3v) is 22.4. The van der Waals surface area contributed by atoms with Crippen molar-refractivity contribution in [3.63, 3.8) is 0 Å². The lowest BCUT2D eigenvalue weighted by molar-refractivity contribution is 0.332. The fourth-order valence-electron chi connectivity index (χ4n) is 15.4. The lowest BCUT2D eigenvalue weighted by Crippen LogP contribution is -2.61. The monoisotopic (exact) mass is 1050 g/mol. The summed E-state index contributed by atoms with van der Waals surface area (Å²) in [6, 6.07) is 46.5. The summed E-state index contributed by atoms with van der Waals surface area (Å²) in [6.45, 7) is 33.9. The molecule has 0 fully saturated rings. The number of aromatic nitrogens is 1. The van der Waals surface area contributed by atoms with Crippen LogP contribution in [-0.2, 0) is 32.5 Å². The van der Waals surface area contributed by atoms with Crippen LogP contribution < -0.4 is 15.7 Å². The molecule has 2 aliphatic carbocycles. The molecule has 0 unspecified atom stereocenters. The average Bonchev–Trinajstić information content (AvgIpc) is 3.94. The molecule has 2 aliphatic heterocycles. The van der Waals surface area contributed by atoms with E-state index in [0.29, 0.717) is 0 Å². The summed E-state index contributed by atoms with van der Waals surface area (Å²) in [4.78, 5) is 2.84. The fraction of sp³-hybridized carbons (Fsp3) is 0.333. The molecule has 12 aromatic rings. The minimum atomic E-state index is -0.188. The van der Waals surface area contributed by atoms with E-state index in [1.54, 1.807) is 0 Å². The van der Waals surface area contributed by atoms with Gasteiger partial charge >= 0.3 is 6.85 Å². The Hall–Kier alpha value is -6.34. The normalized spacial score (nSPS) is 18.0. The smallest absolute Gasteiger partial charge is 0.333 e. The highest BCUT2D eigenvalue weighted by atomic mass is 32.1. The molecule has 0 saturated heterocycles. The van der Waals surface area contributed by atoms with E-state index in [4.69, 9.17) is 4.42 Å². The van der Waals surface area contributed by atoms with Crippen molar-refractivity contribution in [3.05, 3.63) is 149 Å². The van der Waals surface area contributed by atoms with Crippen LogP contribution in [-0.4, -0.2) is 11.4 Å². The first kappa shape index (κ1) is 47.6. The first-order chi connectivity index (χ1) is 36.9. The number of thiophene rings is 2. The minimum absolute atomic E-state index is 0.0186. The Bertz CT molecular complexity index is 4720. The number of hydrogen-bond acceptors (Lipinski definition) is 4. The largest absolute Gasteiger partial charge is 0.455 e. The number of nitrogens with zero attached hydrogens (tertiary/aromatic N) is 2. The molecule has 6 heterocycles. The topological polar surface area (TPSA) is 21.3 Å². The Balaban J connectivity index is 1.13. The zero-order valence-corrected chi connectivity index (χ0v) is 49.6. The standard InChI is InChI=1S/C72H69BN2OS2/c1-67(2,3)38-22-23-51-41(30-38)42-31-39(68(4,5)6)32-50-65(42)74(51)54-35-43-40-18-15-16-20-55(40)76-66(43)63-62-53(24-25-57-61(62)45-34-47-49(37-59(45)78-57)72(13,14)29-27-70(47,9)10)75(73(50)64(54)63)52-19-17-21-56-60(52)44-33-46-48(36-58(44)77-56)71(11,12)28-26-69(46,7)8/h15-25,30-37H,26-29H2,1-14H3. The van der Waals surface area contributed by atoms with Gasteiger partial charge in [-0.15, -0.1) is 22.7 Å². The van der Waals surface area contributed by atoms with Gasteiger partial charge in [0.25, 0.3) is 0 Å². The summed E-state index contributed by atoms with van der Waals surface area (Å²) in [5.41, 5.74) is 22.4. The molecule has 0 bridgehead atoms. The minimum Gasteiger partial charge on any atom is -0.455 e. The highest BCUT2D eigenvalue weighted by molar-refractivity contribution is 7.26. The fourth-order valence-corrected chi connectivity index (χ4v) is 17.7. The van der Waals surface area contributed by atoms with Crippen LogP contribution in [0.3, 0.4) is 0 Å². The predicted octanol–water partition coefficient (Wildman–Crippen LogP) is 19.9. The van der Waals surface area contributed by atoms with E-state index in [2.05, 4.69) is 222 Å². The Morgan fingerprint density at radius 2 is 1.05 bits per heavy atom. The molecule has 388 valence electrons. The summed E-state index contributed by atoms with van der Waals surface area (Å²) < 4.78 is 15.6. The summed E-state index contributed by atoms with van der Waals surface area (Å²) >= 11 is 3.96. The number of furan rings is 1. The van der Waals surface area contributed by atoms with Gasteiger partial charge in [0.15, 0.2) is 0 Å². The van der Waals surface area contributed by atoms with Gasteiger partial charge in [-0.1, -0.05) is 133 Å². The maximum absolute atomic E-state index is 7.45. The van der Waals surface area contributed by atoms with Crippen molar-refractivity contribution in [2.24, 2.45) is 0 Å². The number of fused-ring (bicyclic) bond motifs is 20. The first-order valence-electron chi connectivity index (χ1n) is 28.9. The molecule has 16 rings (SSSR count). The van der Waals surface area contributed by atoms with Crippen LogP contribution in [0.25, 0.3) is 101 Å². The molecule has 0 saturated carbocycles. The number of anilines is 2. The predicted molar refractivity (Wildman–Crippen MR) is 341 cm³/mol. The van der Waals surface area contributed by atoms with Crippen LogP contribution in [0, 0.1) is 0 Å². The molecule has 6 heteroatoms. The summed E-state index contributed by atoms with van der Waals surface area (Å²) in [5.74, 6) is 0. The zero-order valence-electron chi connectivity index (χ0n) is 48.0. The molecule has 0 radical (unpaired) electrons. The van der Waals surface area contributed by atoms with E-state index in [9.17, 15) is 0 Å². The lowest BCUT2D eigenvalue weighted by atomic mass is 9.43. The second-order valence-corrected chi connectivity index (χ2v) is 31.1. The number of hydrogen-bond donors (Lipinski definition) is 0. The second kappa shape index (κ2) is 14.9. The van der Waals surface area contributed by atoms with E-state index in [1.165, 1.54) is 166 Å². The van der Waals surface area contributed by atoms with Gasteiger partial charge in [-0.25, -0.2) is 0 Å². The molecule has 3 nitrogen and oxygen atoms in total. The third-order valence-electron chi connectivity index (χ3n) is 20.2. The van der Waals surface area contributed by atoms with Gasteiger partial charge in [-0.2, -0.15) is 0 Å². The number of para-hydroxylation sites is 1. The quantitative estimate of drug-likeness (QED) is 0.153.